The first kappa shape index (κ1) is 13.0. The van der Waals surface area contributed by atoms with E-state index in [9.17, 15) is 9.18 Å². The van der Waals surface area contributed by atoms with Crippen LogP contribution >= 0.6 is 0 Å². The molecule has 4 heteroatoms. The van der Waals surface area contributed by atoms with Gasteiger partial charge in [0.1, 0.15) is 5.82 Å². The van der Waals surface area contributed by atoms with Crippen LogP contribution in [0, 0.1) is 24.6 Å². The van der Waals surface area contributed by atoms with E-state index in [1.165, 1.54) is 12.1 Å². The zero-order valence-electron chi connectivity index (χ0n) is 10.6. The fourth-order valence-electron chi connectivity index (χ4n) is 2.68. The molecule has 2 atom stereocenters. The third kappa shape index (κ3) is 2.88. The Labute approximate surface area is 107 Å². The van der Waals surface area contributed by atoms with Crippen molar-refractivity contribution < 1.29 is 9.18 Å². The van der Waals surface area contributed by atoms with Crippen molar-refractivity contribution in [1.29, 1.82) is 0 Å². The van der Waals surface area contributed by atoms with E-state index in [0.29, 0.717) is 0 Å². The number of benzene rings is 1. The molecule has 0 aromatic heterocycles. The molecule has 0 saturated carbocycles. The van der Waals surface area contributed by atoms with E-state index < -0.39 is 0 Å². The summed E-state index contributed by atoms with van der Waals surface area (Å²) in [7, 11) is 0. The predicted octanol–water partition coefficient (Wildman–Crippen LogP) is 1.39. The minimum absolute atomic E-state index is 0.0734. The number of nitrogens with two attached hydrogens (primary N) is 1. The summed E-state index contributed by atoms with van der Waals surface area (Å²) in [6.45, 7) is 3.53. The summed E-state index contributed by atoms with van der Waals surface area (Å²) in [6, 6.07) is 4.81. The second kappa shape index (κ2) is 5.48. The average molecular weight is 250 g/mol. The molecular weight excluding hydrogens is 231 g/mol. The maximum Gasteiger partial charge on any atom is 0.220 e. The van der Waals surface area contributed by atoms with Gasteiger partial charge in [-0.3, -0.25) is 4.79 Å². The summed E-state index contributed by atoms with van der Waals surface area (Å²) in [5.41, 5.74) is 7.47. The minimum atomic E-state index is -0.221. The standard InChI is InChI=1S/C14H19FN2O/c1-9-6-12(15)3-2-10(9)7-11-8-17-5-4-13(11)14(16)18/h2-3,6,11,13,17H,4-5,7-8H2,1H3,(H2,16,18). The molecule has 0 bridgehead atoms. The molecule has 1 aliphatic heterocycles. The Balaban J connectivity index is 2.13. The largest absolute Gasteiger partial charge is 0.369 e. The molecular formula is C14H19FN2O. The molecule has 1 aromatic rings. The maximum atomic E-state index is 13.0. The number of carbonyl (C=O) groups is 1. The highest BCUT2D eigenvalue weighted by molar-refractivity contribution is 5.77. The van der Waals surface area contributed by atoms with Crippen molar-refractivity contribution in [2.45, 2.75) is 19.8 Å². The number of aryl methyl sites for hydroxylation is 1. The predicted molar refractivity (Wildman–Crippen MR) is 68.5 cm³/mol. The topological polar surface area (TPSA) is 55.1 Å². The van der Waals surface area contributed by atoms with Gasteiger partial charge in [-0.25, -0.2) is 4.39 Å². The van der Waals surface area contributed by atoms with Gasteiger partial charge in [-0.15, -0.1) is 0 Å². The maximum absolute atomic E-state index is 13.0. The SMILES string of the molecule is Cc1cc(F)ccc1CC1CNCCC1C(N)=O. The molecule has 1 amide bonds. The van der Waals surface area contributed by atoms with E-state index in [2.05, 4.69) is 5.32 Å². The third-order valence-electron chi connectivity index (χ3n) is 3.76. The van der Waals surface area contributed by atoms with Crippen molar-refractivity contribution in [3.8, 4) is 0 Å². The van der Waals surface area contributed by atoms with Crippen molar-refractivity contribution in [3.63, 3.8) is 0 Å². The van der Waals surface area contributed by atoms with E-state index in [0.717, 1.165) is 37.1 Å². The highest BCUT2D eigenvalue weighted by Gasteiger charge is 2.29. The Bertz CT molecular complexity index is 447. The molecule has 1 heterocycles. The molecule has 3 N–H and O–H groups in total. The summed E-state index contributed by atoms with van der Waals surface area (Å²) in [5, 5.41) is 3.29. The highest BCUT2D eigenvalue weighted by atomic mass is 19.1. The summed E-state index contributed by atoms with van der Waals surface area (Å²) < 4.78 is 13.0. The molecule has 1 saturated heterocycles. The van der Waals surface area contributed by atoms with Crippen LogP contribution in [0.3, 0.4) is 0 Å². The Morgan fingerprint density at radius 2 is 2.33 bits per heavy atom. The van der Waals surface area contributed by atoms with Gasteiger partial charge in [-0.1, -0.05) is 6.07 Å². The number of rotatable bonds is 3. The summed E-state index contributed by atoms with van der Waals surface area (Å²) in [5.74, 6) is -0.304. The van der Waals surface area contributed by atoms with Crippen LogP contribution in [0.15, 0.2) is 18.2 Å². The highest BCUT2D eigenvalue weighted by Crippen LogP contribution is 2.24. The number of primary amides is 1. The van der Waals surface area contributed by atoms with Gasteiger partial charge in [0.25, 0.3) is 0 Å². The Hall–Kier alpha value is -1.42. The lowest BCUT2D eigenvalue weighted by atomic mass is 9.81. The lowest BCUT2D eigenvalue weighted by Gasteiger charge is -2.30. The second-order valence-electron chi connectivity index (χ2n) is 5.04. The van der Waals surface area contributed by atoms with Gasteiger partial charge in [0.05, 0.1) is 0 Å². The molecule has 98 valence electrons. The molecule has 0 spiro atoms. The van der Waals surface area contributed by atoms with E-state index in [1.807, 2.05) is 6.92 Å². The van der Waals surface area contributed by atoms with Crippen molar-refractivity contribution in [1.82, 2.24) is 5.32 Å². The first-order valence-electron chi connectivity index (χ1n) is 6.33. The van der Waals surface area contributed by atoms with Crippen LogP contribution in [0.4, 0.5) is 4.39 Å². The van der Waals surface area contributed by atoms with Crippen LogP contribution in [-0.2, 0) is 11.2 Å². The first-order valence-corrected chi connectivity index (χ1v) is 6.33. The number of nitrogens with one attached hydrogen (secondary N) is 1. The zero-order valence-corrected chi connectivity index (χ0v) is 10.6. The molecule has 3 nitrogen and oxygen atoms in total. The van der Waals surface area contributed by atoms with Crippen LogP contribution in [-0.4, -0.2) is 19.0 Å². The van der Waals surface area contributed by atoms with Crippen molar-refractivity contribution in [2.75, 3.05) is 13.1 Å². The van der Waals surface area contributed by atoms with Crippen molar-refractivity contribution in [2.24, 2.45) is 17.6 Å². The van der Waals surface area contributed by atoms with Gasteiger partial charge in [-0.05, 0) is 62.0 Å². The van der Waals surface area contributed by atoms with Gasteiger partial charge in [-0.2, -0.15) is 0 Å². The van der Waals surface area contributed by atoms with E-state index in [-0.39, 0.29) is 23.6 Å². The molecule has 2 unspecified atom stereocenters. The molecule has 2 rings (SSSR count). The Kier molecular flexibility index (Phi) is 3.97. The van der Waals surface area contributed by atoms with E-state index >= 15 is 0 Å². The Morgan fingerprint density at radius 3 is 3.00 bits per heavy atom. The van der Waals surface area contributed by atoms with Crippen LogP contribution in [0.1, 0.15) is 17.5 Å². The lowest BCUT2D eigenvalue weighted by molar-refractivity contribution is -0.124. The fourth-order valence-corrected chi connectivity index (χ4v) is 2.68. The van der Waals surface area contributed by atoms with Crippen LogP contribution in [0.2, 0.25) is 0 Å². The number of amides is 1. The van der Waals surface area contributed by atoms with E-state index in [1.54, 1.807) is 6.07 Å². The fraction of sp³-hybridized carbons (Fsp3) is 0.500. The molecule has 1 aromatic carbocycles. The normalized spacial score (nSPS) is 23.9. The van der Waals surface area contributed by atoms with Gasteiger partial charge >= 0.3 is 0 Å². The average Bonchev–Trinajstić information content (AvgIpc) is 2.33. The van der Waals surface area contributed by atoms with Crippen LogP contribution < -0.4 is 11.1 Å². The van der Waals surface area contributed by atoms with Gasteiger partial charge in [0.2, 0.25) is 5.91 Å². The van der Waals surface area contributed by atoms with Crippen molar-refractivity contribution in [3.05, 3.63) is 35.1 Å². The van der Waals surface area contributed by atoms with Crippen LogP contribution in [0.25, 0.3) is 0 Å². The molecule has 1 aliphatic rings. The lowest BCUT2D eigenvalue weighted by Crippen LogP contribution is -2.43. The second-order valence-corrected chi connectivity index (χ2v) is 5.04. The summed E-state index contributed by atoms with van der Waals surface area (Å²) in [4.78, 5) is 11.4. The van der Waals surface area contributed by atoms with Crippen molar-refractivity contribution >= 4 is 5.91 Å². The summed E-state index contributed by atoms with van der Waals surface area (Å²) >= 11 is 0. The minimum Gasteiger partial charge on any atom is -0.369 e. The van der Waals surface area contributed by atoms with Gasteiger partial charge in [0.15, 0.2) is 0 Å². The third-order valence-corrected chi connectivity index (χ3v) is 3.76. The number of hydrogen-bond donors (Lipinski definition) is 2. The molecule has 18 heavy (non-hydrogen) atoms. The number of hydrogen-bond acceptors (Lipinski definition) is 2. The number of carbonyl (C=O) groups excluding carboxylic acids is 1. The molecule has 0 aliphatic carbocycles. The van der Waals surface area contributed by atoms with E-state index in [4.69, 9.17) is 5.73 Å². The first-order chi connectivity index (χ1) is 8.58. The quantitative estimate of drug-likeness (QED) is 0.851. The van der Waals surface area contributed by atoms with Gasteiger partial charge in [0, 0.05) is 5.92 Å². The zero-order chi connectivity index (χ0) is 13.1. The Morgan fingerprint density at radius 1 is 1.56 bits per heavy atom. The number of piperidine rings is 1. The molecule has 1 fully saturated rings. The molecule has 0 radical (unpaired) electrons. The monoisotopic (exact) mass is 250 g/mol. The van der Waals surface area contributed by atoms with Crippen LogP contribution in [0.5, 0.6) is 0 Å². The number of halogens is 1. The van der Waals surface area contributed by atoms with Gasteiger partial charge < -0.3 is 11.1 Å². The smallest absolute Gasteiger partial charge is 0.220 e. The summed E-state index contributed by atoms with van der Waals surface area (Å²) in [6.07, 6.45) is 1.56.